The zero-order valence-corrected chi connectivity index (χ0v) is 12.3. The highest BCUT2D eigenvalue weighted by atomic mass is 16.5. The third-order valence-electron chi connectivity index (χ3n) is 2.97. The van der Waals surface area contributed by atoms with Crippen molar-refractivity contribution in [3.05, 3.63) is 29.8 Å². The van der Waals surface area contributed by atoms with E-state index in [0.29, 0.717) is 24.9 Å². The van der Waals surface area contributed by atoms with Crippen LogP contribution in [0.25, 0.3) is 0 Å². The van der Waals surface area contributed by atoms with E-state index in [1.54, 1.807) is 12.3 Å². The number of aryl methyl sites for hydroxylation is 1. The third-order valence-corrected chi connectivity index (χ3v) is 2.97. The Labute approximate surface area is 123 Å². The van der Waals surface area contributed by atoms with Gasteiger partial charge >= 0.3 is 0 Å². The number of aromatic nitrogens is 4. The van der Waals surface area contributed by atoms with Gasteiger partial charge in [0.1, 0.15) is 18.2 Å². The molecule has 0 aromatic carbocycles. The van der Waals surface area contributed by atoms with Crippen molar-refractivity contribution in [2.24, 2.45) is 12.9 Å². The van der Waals surface area contributed by atoms with Gasteiger partial charge in [-0.25, -0.2) is 15.8 Å². The van der Waals surface area contributed by atoms with Gasteiger partial charge in [-0.3, -0.25) is 4.68 Å². The molecule has 0 fully saturated rings. The lowest BCUT2D eigenvalue weighted by atomic mass is 10.3. The topological polar surface area (TPSA) is 103 Å². The second kappa shape index (κ2) is 7.55. The highest BCUT2D eigenvalue weighted by molar-refractivity contribution is 5.46. The zero-order valence-electron chi connectivity index (χ0n) is 12.3. The smallest absolute Gasteiger partial charge is 0.158 e. The van der Waals surface area contributed by atoms with E-state index < -0.39 is 0 Å². The molecule has 0 aliphatic heterocycles. The lowest BCUT2D eigenvalue weighted by molar-refractivity contribution is 0.128. The van der Waals surface area contributed by atoms with Gasteiger partial charge in [0.05, 0.1) is 0 Å². The predicted octanol–water partition coefficient (Wildman–Crippen LogP) is 0.687. The maximum atomic E-state index is 5.42. The SMILES string of the molecule is CCOCc1nc(NN)cc(NCCc2ccnn2C)n1. The van der Waals surface area contributed by atoms with Crippen LogP contribution in [0.15, 0.2) is 18.3 Å². The van der Waals surface area contributed by atoms with E-state index in [1.165, 1.54) is 0 Å². The summed E-state index contributed by atoms with van der Waals surface area (Å²) in [6, 6.07) is 3.76. The lowest BCUT2D eigenvalue weighted by Crippen LogP contribution is -2.14. The fourth-order valence-corrected chi connectivity index (χ4v) is 1.88. The van der Waals surface area contributed by atoms with Crippen LogP contribution in [0.3, 0.4) is 0 Å². The molecule has 114 valence electrons. The van der Waals surface area contributed by atoms with Crippen molar-refractivity contribution in [2.45, 2.75) is 20.0 Å². The second-order valence-corrected chi connectivity index (χ2v) is 4.46. The molecule has 8 heteroatoms. The molecule has 2 aromatic heterocycles. The first-order chi connectivity index (χ1) is 10.2. The van der Waals surface area contributed by atoms with Crippen molar-refractivity contribution < 1.29 is 4.74 Å². The van der Waals surface area contributed by atoms with Crippen LogP contribution in [-0.2, 0) is 24.8 Å². The molecule has 21 heavy (non-hydrogen) atoms. The van der Waals surface area contributed by atoms with Gasteiger partial charge < -0.3 is 15.5 Å². The summed E-state index contributed by atoms with van der Waals surface area (Å²) in [5.74, 6) is 7.29. The summed E-state index contributed by atoms with van der Waals surface area (Å²) in [7, 11) is 1.93. The Kier molecular flexibility index (Phi) is 5.47. The molecule has 0 unspecified atom stereocenters. The number of nitrogen functional groups attached to an aromatic ring is 1. The minimum Gasteiger partial charge on any atom is -0.374 e. The normalized spacial score (nSPS) is 10.6. The molecule has 2 heterocycles. The van der Waals surface area contributed by atoms with E-state index in [2.05, 4.69) is 25.8 Å². The Bertz CT molecular complexity index is 569. The molecule has 0 saturated carbocycles. The van der Waals surface area contributed by atoms with Crippen LogP contribution >= 0.6 is 0 Å². The maximum Gasteiger partial charge on any atom is 0.158 e. The quantitative estimate of drug-likeness (QED) is 0.485. The minimum absolute atomic E-state index is 0.364. The number of nitrogens with zero attached hydrogens (tertiary/aromatic N) is 4. The predicted molar refractivity (Wildman–Crippen MR) is 80.6 cm³/mol. The average Bonchev–Trinajstić information content (AvgIpc) is 2.90. The monoisotopic (exact) mass is 291 g/mol. The molecule has 0 bridgehead atoms. The summed E-state index contributed by atoms with van der Waals surface area (Å²) in [5.41, 5.74) is 3.69. The van der Waals surface area contributed by atoms with Crippen LogP contribution in [-0.4, -0.2) is 32.9 Å². The van der Waals surface area contributed by atoms with Gasteiger partial charge in [0.15, 0.2) is 5.82 Å². The number of hydrazine groups is 1. The number of ether oxygens (including phenoxy) is 1. The van der Waals surface area contributed by atoms with Crippen LogP contribution in [0.5, 0.6) is 0 Å². The van der Waals surface area contributed by atoms with E-state index >= 15 is 0 Å². The minimum atomic E-state index is 0.364. The zero-order chi connectivity index (χ0) is 15.1. The van der Waals surface area contributed by atoms with Crippen molar-refractivity contribution in [1.82, 2.24) is 19.7 Å². The Morgan fingerprint density at radius 2 is 2.14 bits per heavy atom. The van der Waals surface area contributed by atoms with Crippen molar-refractivity contribution in [3.8, 4) is 0 Å². The highest BCUT2D eigenvalue weighted by Crippen LogP contribution is 2.11. The number of hydrogen-bond donors (Lipinski definition) is 3. The fourth-order valence-electron chi connectivity index (χ4n) is 1.88. The molecule has 2 rings (SSSR count). The first-order valence-electron chi connectivity index (χ1n) is 6.86. The molecule has 4 N–H and O–H groups in total. The second-order valence-electron chi connectivity index (χ2n) is 4.46. The molecule has 0 aliphatic rings. The maximum absolute atomic E-state index is 5.42. The van der Waals surface area contributed by atoms with E-state index in [9.17, 15) is 0 Å². The van der Waals surface area contributed by atoms with Gasteiger partial charge in [0, 0.05) is 44.6 Å². The van der Waals surface area contributed by atoms with Crippen LogP contribution in [0.4, 0.5) is 11.6 Å². The van der Waals surface area contributed by atoms with Gasteiger partial charge in [0.2, 0.25) is 0 Å². The van der Waals surface area contributed by atoms with E-state index in [1.807, 2.05) is 24.7 Å². The molecule has 8 nitrogen and oxygen atoms in total. The first-order valence-corrected chi connectivity index (χ1v) is 6.86. The number of anilines is 2. The van der Waals surface area contributed by atoms with Crippen molar-refractivity contribution in [3.63, 3.8) is 0 Å². The summed E-state index contributed by atoms with van der Waals surface area (Å²) in [6.45, 7) is 3.65. The lowest BCUT2D eigenvalue weighted by Gasteiger charge is -2.10. The molecule has 0 aliphatic carbocycles. The molecule has 0 spiro atoms. The highest BCUT2D eigenvalue weighted by Gasteiger charge is 2.05. The van der Waals surface area contributed by atoms with Crippen LogP contribution in [0.2, 0.25) is 0 Å². The molecule has 2 aromatic rings. The van der Waals surface area contributed by atoms with Gasteiger partial charge in [-0.1, -0.05) is 0 Å². The van der Waals surface area contributed by atoms with Crippen molar-refractivity contribution >= 4 is 11.6 Å². The van der Waals surface area contributed by atoms with Gasteiger partial charge in [-0.05, 0) is 13.0 Å². The Morgan fingerprint density at radius 3 is 2.81 bits per heavy atom. The third kappa shape index (κ3) is 4.40. The van der Waals surface area contributed by atoms with Gasteiger partial charge in [0.25, 0.3) is 0 Å². The summed E-state index contributed by atoms with van der Waals surface area (Å²) < 4.78 is 7.18. The van der Waals surface area contributed by atoms with Crippen molar-refractivity contribution in [2.75, 3.05) is 23.9 Å². The summed E-state index contributed by atoms with van der Waals surface area (Å²) in [5, 5.41) is 7.40. The number of rotatable bonds is 8. The largest absolute Gasteiger partial charge is 0.374 e. The molecule has 0 amide bonds. The first kappa shape index (κ1) is 15.2. The molecule has 0 saturated heterocycles. The average molecular weight is 291 g/mol. The Morgan fingerprint density at radius 1 is 1.33 bits per heavy atom. The van der Waals surface area contributed by atoms with Crippen LogP contribution in [0.1, 0.15) is 18.4 Å². The molecule has 0 atom stereocenters. The Hall–Kier alpha value is -2.19. The molecular formula is C13H21N7O. The van der Waals surface area contributed by atoms with Gasteiger partial charge in [-0.15, -0.1) is 0 Å². The summed E-state index contributed by atoms with van der Waals surface area (Å²) in [4.78, 5) is 8.63. The number of nitrogens with one attached hydrogen (secondary N) is 2. The van der Waals surface area contributed by atoms with Gasteiger partial charge in [-0.2, -0.15) is 5.10 Å². The van der Waals surface area contributed by atoms with E-state index in [4.69, 9.17) is 10.6 Å². The van der Waals surface area contributed by atoms with E-state index in [-0.39, 0.29) is 0 Å². The van der Waals surface area contributed by atoms with E-state index in [0.717, 1.165) is 24.5 Å². The summed E-state index contributed by atoms with van der Waals surface area (Å²) >= 11 is 0. The number of nitrogens with two attached hydrogens (primary N) is 1. The number of hydrogen-bond acceptors (Lipinski definition) is 7. The Balaban J connectivity index is 1.96. The standard InChI is InChI=1S/C13H21N7O/c1-3-21-9-13-17-11(8-12(18-13)19-14)15-6-4-10-5-7-16-20(10)2/h5,7-8H,3-4,6,9,14H2,1-2H3,(H2,15,17,18,19). The van der Waals surface area contributed by atoms with Crippen LogP contribution < -0.4 is 16.6 Å². The molecular weight excluding hydrogens is 270 g/mol. The fraction of sp³-hybridized carbons (Fsp3) is 0.462. The van der Waals surface area contributed by atoms with Crippen molar-refractivity contribution in [1.29, 1.82) is 0 Å². The molecule has 0 radical (unpaired) electrons. The van der Waals surface area contributed by atoms with Crippen LogP contribution in [0, 0.1) is 0 Å². The summed E-state index contributed by atoms with van der Waals surface area (Å²) in [6.07, 6.45) is 2.64.